The van der Waals surface area contributed by atoms with E-state index in [-0.39, 0.29) is 6.61 Å². The molecule has 2 rings (SSSR count). The molecule has 1 aliphatic heterocycles. The molecule has 1 aromatic carbocycles. The molecule has 1 fully saturated rings. The molecule has 1 N–H and O–H groups in total. The zero-order valence-electron chi connectivity index (χ0n) is 10.4. The summed E-state index contributed by atoms with van der Waals surface area (Å²) in [6, 6.07) is 7.61. The molecule has 0 saturated carbocycles. The molecule has 1 heterocycles. The molecule has 0 aromatic heterocycles. The van der Waals surface area contributed by atoms with Crippen LogP contribution in [0.1, 0.15) is 24.8 Å². The fourth-order valence-corrected chi connectivity index (χ4v) is 1.99. The van der Waals surface area contributed by atoms with Gasteiger partial charge in [-0.3, -0.25) is 0 Å². The van der Waals surface area contributed by atoms with Crippen LogP contribution in [-0.2, 0) is 4.74 Å². The molecule has 0 spiro atoms. The molecular weight excluding hydrogens is 228 g/mol. The molecule has 1 aromatic rings. The summed E-state index contributed by atoms with van der Waals surface area (Å²) in [5.74, 6) is 6.30. The number of benzene rings is 1. The Labute approximate surface area is 108 Å². The fourth-order valence-electron chi connectivity index (χ4n) is 1.99. The van der Waals surface area contributed by atoms with Crippen molar-refractivity contribution in [1.29, 1.82) is 0 Å². The van der Waals surface area contributed by atoms with Gasteiger partial charge in [0.2, 0.25) is 0 Å². The third-order valence-corrected chi connectivity index (χ3v) is 2.88. The molecule has 3 heteroatoms. The van der Waals surface area contributed by atoms with Crippen LogP contribution in [0, 0.1) is 11.8 Å². The van der Waals surface area contributed by atoms with Crippen molar-refractivity contribution in [2.24, 2.45) is 0 Å². The van der Waals surface area contributed by atoms with Gasteiger partial charge in [0.25, 0.3) is 0 Å². The molecule has 1 aliphatic rings. The molecule has 0 bridgehead atoms. The number of aliphatic hydroxyl groups excluding tert-OH is 1. The minimum absolute atomic E-state index is 0.121. The lowest BCUT2D eigenvalue weighted by Crippen LogP contribution is -2.10. The summed E-state index contributed by atoms with van der Waals surface area (Å²) in [6.45, 7) is 1.43. The molecule has 0 radical (unpaired) electrons. The molecule has 18 heavy (non-hydrogen) atoms. The van der Waals surface area contributed by atoms with E-state index < -0.39 is 0 Å². The van der Waals surface area contributed by atoms with Crippen molar-refractivity contribution in [3.05, 3.63) is 29.8 Å². The summed E-state index contributed by atoms with van der Waals surface area (Å²) in [6.07, 6.45) is 3.61. The quantitative estimate of drug-likeness (QED) is 0.826. The van der Waals surface area contributed by atoms with Crippen LogP contribution < -0.4 is 4.74 Å². The van der Waals surface area contributed by atoms with Crippen LogP contribution in [0.3, 0.4) is 0 Å². The van der Waals surface area contributed by atoms with Gasteiger partial charge in [0.15, 0.2) is 0 Å². The third kappa shape index (κ3) is 4.06. The zero-order chi connectivity index (χ0) is 12.6. The minimum Gasteiger partial charge on any atom is -0.493 e. The van der Waals surface area contributed by atoms with Crippen LogP contribution in [0.25, 0.3) is 0 Å². The van der Waals surface area contributed by atoms with Crippen molar-refractivity contribution >= 4 is 0 Å². The molecule has 0 amide bonds. The molecule has 96 valence electrons. The van der Waals surface area contributed by atoms with E-state index in [9.17, 15) is 0 Å². The smallest absolute Gasteiger partial charge is 0.120 e. The summed E-state index contributed by atoms with van der Waals surface area (Å²) in [5.41, 5.74) is 0.860. The molecular formula is C15H18O3. The Hall–Kier alpha value is -1.50. The highest BCUT2D eigenvalue weighted by atomic mass is 16.5. The number of rotatable bonds is 4. The van der Waals surface area contributed by atoms with Gasteiger partial charge in [0, 0.05) is 18.6 Å². The highest BCUT2D eigenvalue weighted by Gasteiger charge is 2.14. The van der Waals surface area contributed by atoms with Crippen molar-refractivity contribution < 1.29 is 14.6 Å². The van der Waals surface area contributed by atoms with Crippen molar-refractivity contribution in [3.63, 3.8) is 0 Å². The van der Waals surface area contributed by atoms with Crippen molar-refractivity contribution in [3.8, 4) is 17.6 Å². The Morgan fingerprint density at radius 2 is 2.39 bits per heavy atom. The van der Waals surface area contributed by atoms with Crippen molar-refractivity contribution in [2.75, 3.05) is 19.8 Å². The maximum atomic E-state index is 8.64. The van der Waals surface area contributed by atoms with Gasteiger partial charge < -0.3 is 14.6 Å². The summed E-state index contributed by atoms with van der Waals surface area (Å²) in [7, 11) is 0. The van der Waals surface area contributed by atoms with Gasteiger partial charge in [0.1, 0.15) is 12.4 Å². The molecule has 3 nitrogen and oxygen atoms in total. The molecule has 0 aliphatic carbocycles. The van der Waals surface area contributed by atoms with Crippen LogP contribution >= 0.6 is 0 Å². The largest absolute Gasteiger partial charge is 0.493 e. The van der Waals surface area contributed by atoms with Crippen LogP contribution in [0.2, 0.25) is 0 Å². The maximum Gasteiger partial charge on any atom is 0.120 e. The first-order valence-corrected chi connectivity index (χ1v) is 6.32. The Bertz CT molecular complexity index is 425. The van der Waals surface area contributed by atoms with E-state index in [1.165, 1.54) is 0 Å². The number of ether oxygens (including phenoxy) is 2. The average Bonchev–Trinajstić information content (AvgIpc) is 2.90. The Kier molecular flexibility index (Phi) is 5.07. The monoisotopic (exact) mass is 246 g/mol. The topological polar surface area (TPSA) is 38.7 Å². The zero-order valence-corrected chi connectivity index (χ0v) is 10.4. The van der Waals surface area contributed by atoms with E-state index in [2.05, 4.69) is 11.8 Å². The normalized spacial score (nSPS) is 18.2. The van der Waals surface area contributed by atoms with E-state index in [4.69, 9.17) is 14.6 Å². The standard InChI is InChI=1S/C15H18O3/c16-9-2-5-13-4-1-6-15(12-13)18-11-8-14-7-3-10-17-14/h1,4,6,12,14,16H,3,7-11H2. The maximum absolute atomic E-state index is 8.64. The highest BCUT2D eigenvalue weighted by Crippen LogP contribution is 2.17. The lowest BCUT2D eigenvalue weighted by atomic mass is 10.2. The van der Waals surface area contributed by atoms with E-state index >= 15 is 0 Å². The summed E-state index contributed by atoms with van der Waals surface area (Å²) in [4.78, 5) is 0. The average molecular weight is 246 g/mol. The van der Waals surface area contributed by atoms with Gasteiger partial charge in [-0.05, 0) is 31.0 Å². The lowest BCUT2D eigenvalue weighted by molar-refractivity contribution is 0.0903. The van der Waals surface area contributed by atoms with Gasteiger partial charge in [-0.2, -0.15) is 0 Å². The Balaban J connectivity index is 1.81. The molecule has 1 saturated heterocycles. The van der Waals surface area contributed by atoms with Gasteiger partial charge in [-0.25, -0.2) is 0 Å². The van der Waals surface area contributed by atoms with E-state index in [0.29, 0.717) is 12.7 Å². The fraction of sp³-hybridized carbons (Fsp3) is 0.467. The second-order valence-electron chi connectivity index (χ2n) is 4.26. The lowest BCUT2D eigenvalue weighted by Gasteiger charge is -2.10. The van der Waals surface area contributed by atoms with Crippen LogP contribution in [-0.4, -0.2) is 31.0 Å². The van der Waals surface area contributed by atoms with Crippen molar-refractivity contribution in [1.82, 2.24) is 0 Å². The number of aliphatic hydroxyl groups is 1. The summed E-state index contributed by atoms with van der Waals surface area (Å²) in [5, 5.41) is 8.64. The molecule has 1 unspecified atom stereocenters. The van der Waals surface area contributed by atoms with E-state index in [1.807, 2.05) is 24.3 Å². The predicted molar refractivity (Wildman–Crippen MR) is 69.5 cm³/mol. The molecule has 1 atom stereocenters. The van der Waals surface area contributed by atoms with Crippen molar-refractivity contribution in [2.45, 2.75) is 25.4 Å². The first kappa shape index (κ1) is 12.9. The second kappa shape index (κ2) is 7.05. The van der Waals surface area contributed by atoms with Gasteiger partial charge >= 0.3 is 0 Å². The van der Waals surface area contributed by atoms with Gasteiger partial charge in [0.05, 0.1) is 12.7 Å². The van der Waals surface area contributed by atoms with Gasteiger partial charge in [-0.15, -0.1) is 0 Å². The van der Waals surface area contributed by atoms with Crippen LogP contribution in [0.15, 0.2) is 24.3 Å². The van der Waals surface area contributed by atoms with E-state index in [1.54, 1.807) is 0 Å². The Morgan fingerprint density at radius 1 is 1.44 bits per heavy atom. The number of hydrogen-bond acceptors (Lipinski definition) is 3. The summed E-state index contributed by atoms with van der Waals surface area (Å²) >= 11 is 0. The SMILES string of the molecule is OCC#Cc1cccc(OCCC2CCCO2)c1. The number of hydrogen-bond donors (Lipinski definition) is 1. The minimum atomic E-state index is -0.121. The van der Waals surface area contributed by atoms with Crippen LogP contribution in [0.5, 0.6) is 5.75 Å². The second-order valence-corrected chi connectivity index (χ2v) is 4.26. The highest BCUT2D eigenvalue weighted by molar-refractivity contribution is 5.39. The van der Waals surface area contributed by atoms with Crippen LogP contribution in [0.4, 0.5) is 0 Å². The summed E-state index contributed by atoms with van der Waals surface area (Å²) < 4.78 is 11.2. The Morgan fingerprint density at radius 3 is 3.17 bits per heavy atom. The predicted octanol–water partition coefficient (Wildman–Crippen LogP) is 1.98. The third-order valence-electron chi connectivity index (χ3n) is 2.88. The first-order valence-electron chi connectivity index (χ1n) is 6.32. The van der Waals surface area contributed by atoms with E-state index in [0.717, 1.165) is 37.2 Å². The first-order chi connectivity index (χ1) is 8.88. The van der Waals surface area contributed by atoms with Gasteiger partial charge in [-0.1, -0.05) is 17.9 Å².